The quantitative estimate of drug-likeness (QED) is 0.510. The molecule has 0 saturated heterocycles. The minimum absolute atomic E-state index is 0.458. The number of nitrogens with zero attached hydrogens (tertiary/aromatic N) is 2. The fourth-order valence-corrected chi connectivity index (χ4v) is 4.33. The van der Waals surface area contributed by atoms with E-state index in [9.17, 15) is 0 Å². The van der Waals surface area contributed by atoms with Gasteiger partial charge in [0.1, 0.15) is 0 Å². The van der Waals surface area contributed by atoms with Crippen LogP contribution in [0.1, 0.15) is 38.5 Å². The second kappa shape index (κ2) is 6.19. The maximum absolute atomic E-state index is 4.61. The molecular formula is C13H22N2S2. The fourth-order valence-electron chi connectivity index (χ4n) is 2.54. The predicted molar refractivity (Wildman–Crippen MR) is 77.9 cm³/mol. The van der Waals surface area contributed by atoms with Crippen molar-refractivity contribution in [3.8, 4) is 0 Å². The number of hydrogen-bond donors (Lipinski definition) is 1. The van der Waals surface area contributed by atoms with Crippen molar-refractivity contribution in [3.05, 3.63) is 12.4 Å². The highest BCUT2D eigenvalue weighted by Gasteiger charge is 2.29. The van der Waals surface area contributed by atoms with Crippen LogP contribution in [-0.4, -0.2) is 21.3 Å². The summed E-state index contributed by atoms with van der Waals surface area (Å²) in [7, 11) is 1.98. The molecule has 0 bridgehead atoms. The van der Waals surface area contributed by atoms with Gasteiger partial charge in [-0.05, 0) is 24.0 Å². The molecule has 1 aliphatic rings. The molecule has 4 heteroatoms. The molecule has 0 aliphatic heterocycles. The van der Waals surface area contributed by atoms with E-state index >= 15 is 0 Å². The molecule has 2 rings (SSSR count). The smallest absolute Gasteiger partial charge is 0.0625 e. The van der Waals surface area contributed by atoms with Gasteiger partial charge >= 0.3 is 0 Å². The minimum Gasteiger partial charge on any atom is -0.275 e. The third-order valence-electron chi connectivity index (χ3n) is 3.73. The summed E-state index contributed by atoms with van der Waals surface area (Å²) in [6, 6.07) is 0. The van der Waals surface area contributed by atoms with Crippen LogP contribution < -0.4 is 0 Å². The van der Waals surface area contributed by atoms with Gasteiger partial charge in [-0.15, -0.1) is 11.8 Å². The molecule has 17 heavy (non-hydrogen) atoms. The molecule has 0 amide bonds. The Morgan fingerprint density at radius 3 is 2.59 bits per heavy atom. The molecule has 0 atom stereocenters. The molecule has 1 aromatic heterocycles. The van der Waals surface area contributed by atoms with E-state index in [1.54, 1.807) is 0 Å². The zero-order valence-electron chi connectivity index (χ0n) is 10.6. The first-order valence-corrected chi connectivity index (χ1v) is 8.08. The summed E-state index contributed by atoms with van der Waals surface area (Å²) >= 11 is 6.56. The molecule has 0 radical (unpaired) electrons. The van der Waals surface area contributed by atoms with Gasteiger partial charge in [-0.1, -0.05) is 25.7 Å². The molecule has 1 aliphatic carbocycles. The van der Waals surface area contributed by atoms with E-state index < -0.39 is 0 Å². The Labute approximate surface area is 114 Å². The molecule has 0 spiro atoms. The van der Waals surface area contributed by atoms with E-state index in [0.29, 0.717) is 5.41 Å². The second-order valence-electron chi connectivity index (χ2n) is 5.21. The summed E-state index contributed by atoms with van der Waals surface area (Å²) in [5, 5.41) is 4.22. The summed E-state index contributed by atoms with van der Waals surface area (Å²) in [5.41, 5.74) is 0.458. The average Bonchev–Trinajstić information content (AvgIpc) is 2.63. The van der Waals surface area contributed by atoms with E-state index in [2.05, 4.69) is 23.9 Å². The Bertz CT molecular complexity index is 341. The highest BCUT2D eigenvalue weighted by Crippen LogP contribution is 2.40. The van der Waals surface area contributed by atoms with Crippen molar-refractivity contribution in [2.75, 3.05) is 11.5 Å². The van der Waals surface area contributed by atoms with Crippen LogP contribution in [0.4, 0.5) is 0 Å². The maximum Gasteiger partial charge on any atom is 0.0625 e. The van der Waals surface area contributed by atoms with Crippen LogP contribution in [0.2, 0.25) is 0 Å². The fraction of sp³-hybridized carbons (Fsp3) is 0.769. The van der Waals surface area contributed by atoms with Crippen molar-refractivity contribution < 1.29 is 0 Å². The Morgan fingerprint density at radius 1 is 1.35 bits per heavy atom. The number of rotatable bonds is 4. The van der Waals surface area contributed by atoms with Gasteiger partial charge in [-0.2, -0.15) is 17.7 Å². The Hall–Kier alpha value is -0.0900. The molecule has 0 aromatic carbocycles. The van der Waals surface area contributed by atoms with Crippen LogP contribution in [0, 0.1) is 5.41 Å². The highest BCUT2D eigenvalue weighted by atomic mass is 32.2. The van der Waals surface area contributed by atoms with E-state index in [0.717, 1.165) is 5.75 Å². The zero-order chi connectivity index (χ0) is 12.1. The monoisotopic (exact) mass is 270 g/mol. The number of thioether (sulfide) groups is 1. The predicted octanol–water partition coefficient (Wildman–Crippen LogP) is 3.78. The molecule has 1 fully saturated rings. The van der Waals surface area contributed by atoms with Gasteiger partial charge in [0.05, 0.1) is 6.20 Å². The lowest BCUT2D eigenvalue weighted by molar-refractivity contribution is 0.332. The molecule has 0 N–H and O–H groups in total. The van der Waals surface area contributed by atoms with Gasteiger partial charge in [-0.25, -0.2) is 0 Å². The minimum atomic E-state index is 0.458. The molecule has 1 saturated carbocycles. The lowest BCUT2D eigenvalue weighted by atomic mass is 9.84. The van der Waals surface area contributed by atoms with Crippen molar-refractivity contribution in [2.45, 2.75) is 43.4 Å². The van der Waals surface area contributed by atoms with E-state index in [1.807, 2.05) is 29.7 Å². The first kappa shape index (κ1) is 13.3. The number of aryl methyl sites for hydroxylation is 1. The number of hydrogen-bond acceptors (Lipinski definition) is 3. The average molecular weight is 270 g/mol. The van der Waals surface area contributed by atoms with Crippen molar-refractivity contribution in [1.29, 1.82) is 0 Å². The maximum atomic E-state index is 4.61. The van der Waals surface area contributed by atoms with Gasteiger partial charge in [0.2, 0.25) is 0 Å². The molecule has 2 nitrogen and oxygen atoms in total. The summed E-state index contributed by atoms with van der Waals surface area (Å²) in [4.78, 5) is 1.29. The Morgan fingerprint density at radius 2 is 2.06 bits per heavy atom. The van der Waals surface area contributed by atoms with Gasteiger partial charge in [0.15, 0.2) is 0 Å². The van der Waals surface area contributed by atoms with E-state index in [1.165, 1.54) is 49.2 Å². The van der Waals surface area contributed by atoms with Gasteiger partial charge in [0, 0.05) is 23.9 Å². The highest BCUT2D eigenvalue weighted by molar-refractivity contribution is 7.99. The lowest BCUT2D eigenvalue weighted by Gasteiger charge is -2.30. The van der Waals surface area contributed by atoms with Crippen LogP contribution in [0.5, 0.6) is 0 Å². The second-order valence-corrected chi connectivity index (χ2v) is 6.58. The third-order valence-corrected chi connectivity index (χ3v) is 5.70. The molecular weight excluding hydrogens is 248 g/mol. The van der Waals surface area contributed by atoms with Gasteiger partial charge < -0.3 is 0 Å². The van der Waals surface area contributed by atoms with Crippen molar-refractivity contribution in [3.63, 3.8) is 0 Å². The van der Waals surface area contributed by atoms with Gasteiger partial charge in [-0.3, -0.25) is 4.68 Å². The molecule has 1 aromatic rings. The Balaban J connectivity index is 1.93. The first-order chi connectivity index (χ1) is 8.24. The normalized spacial score (nSPS) is 20.1. The summed E-state index contributed by atoms with van der Waals surface area (Å²) in [5.74, 6) is 2.22. The summed E-state index contributed by atoms with van der Waals surface area (Å²) in [6.07, 6.45) is 12.4. The van der Waals surface area contributed by atoms with Gasteiger partial charge in [0.25, 0.3) is 0 Å². The van der Waals surface area contributed by atoms with Crippen molar-refractivity contribution >= 4 is 24.4 Å². The van der Waals surface area contributed by atoms with Crippen LogP contribution in [-0.2, 0) is 7.05 Å². The topological polar surface area (TPSA) is 17.8 Å². The van der Waals surface area contributed by atoms with E-state index in [4.69, 9.17) is 0 Å². The summed E-state index contributed by atoms with van der Waals surface area (Å²) in [6.45, 7) is 0. The summed E-state index contributed by atoms with van der Waals surface area (Å²) < 4.78 is 1.88. The molecule has 0 unspecified atom stereocenters. The number of aromatic nitrogens is 2. The van der Waals surface area contributed by atoms with Crippen LogP contribution in [0.25, 0.3) is 0 Å². The SMILES string of the molecule is Cn1cc(SCC2(CS)CCCCCC2)cn1. The largest absolute Gasteiger partial charge is 0.275 e. The lowest BCUT2D eigenvalue weighted by Crippen LogP contribution is -2.25. The van der Waals surface area contributed by atoms with Crippen molar-refractivity contribution in [2.24, 2.45) is 12.5 Å². The van der Waals surface area contributed by atoms with Crippen LogP contribution >= 0.6 is 24.4 Å². The standard InChI is InChI=1S/C13H22N2S2/c1-15-9-12(8-14-15)17-11-13(10-16)6-4-2-3-5-7-13/h8-9,16H,2-7,10-11H2,1H3. The van der Waals surface area contributed by atoms with Crippen molar-refractivity contribution in [1.82, 2.24) is 9.78 Å². The van der Waals surface area contributed by atoms with E-state index in [-0.39, 0.29) is 0 Å². The third kappa shape index (κ3) is 3.68. The van der Waals surface area contributed by atoms with Crippen LogP contribution in [0.15, 0.2) is 17.3 Å². The Kier molecular flexibility index (Phi) is 4.86. The van der Waals surface area contributed by atoms with Crippen LogP contribution in [0.3, 0.4) is 0 Å². The molecule has 96 valence electrons. The first-order valence-electron chi connectivity index (χ1n) is 6.46. The molecule has 1 heterocycles. The number of thiol groups is 1. The zero-order valence-corrected chi connectivity index (χ0v) is 12.3.